The summed E-state index contributed by atoms with van der Waals surface area (Å²) in [6, 6.07) is 8.18. The van der Waals surface area contributed by atoms with Gasteiger partial charge in [-0.15, -0.1) is 0 Å². The highest BCUT2D eigenvalue weighted by molar-refractivity contribution is 5.32. The lowest BCUT2D eigenvalue weighted by molar-refractivity contribution is 0.289. The van der Waals surface area contributed by atoms with Gasteiger partial charge in [-0.25, -0.2) is 0 Å². The van der Waals surface area contributed by atoms with Crippen LogP contribution in [0.2, 0.25) is 0 Å². The summed E-state index contributed by atoms with van der Waals surface area (Å²) in [6.07, 6.45) is 27.2. The second kappa shape index (κ2) is 23.0. The maximum atomic E-state index is 5.95. The first-order valence-electron chi connectivity index (χ1n) is 14.2. The predicted octanol–water partition coefficient (Wildman–Crippen LogP) is 10.3. The van der Waals surface area contributed by atoms with Crippen molar-refractivity contribution in [2.75, 3.05) is 13.2 Å². The van der Waals surface area contributed by atoms with Crippen LogP contribution in [-0.4, -0.2) is 13.2 Å². The minimum atomic E-state index is 0.818. The van der Waals surface area contributed by atoms with E-state index in [9.17, 15) is 0 Å². The minimum absolute atomic E-state index is 0.818. The molecule has 0 aliphatic carbocycles. The zero-order valence-electron chi connectivity index (χ0n) is 21.7. The highest BCUT2D eigenvalue weighted by atomic mass is 16.5. The molecule has 0 atom stereocenters. The molecular formula is C30H54O2. The third kappa shape index (κ3) is 18.4. The molecule has 0 saturated heterocycles. The SMILES string of the molecule is CCCCCCCCCCCCOc1cccc(OCCCCCCCCCCCC)c1. The van der Waals surface area contributed by atoms with Gasteiger partial charge < -0.3 is 9.47 Å². The van der Waals surface area contributed by atoms with Crippen molar-refractivity contribution in [3.05, 3.63) is 24.3 Å². The lowest BCUT2D eigenvalue weighted by Crippen LogP contribution is -2.00. The van der Waals surface area contributed by atoms with Crippen LogP contribution in [0.25, 0.3) is 0 Å². The second-order valence-corrected chi connectivity index (χ2v) is 9.54. The lowest BCUT2D eigenvalue weighted by Gasteiger charge is -2.10. The summed E-state index contributed by atoms with van der Waals surface area (Å²) in [5, 5.41) is 0. The fraction of sp³-hybridized carbons (Fsp3) is 0.800. The summed E-state index contributed by atoms with van der Waals surface area (Å²) in [7, 11) is 0. The summed E-state index contributed by atoms with van der Waals surface area (Å²) in [5.74, 6) is 1.89. The van der Waals surface area contributed by atoms with E-state index in [1.54, 1.807) is 0 Å². The Labute approximate surface area is 200 Å². The molecule has 0 saturated carbocycles. The van der Waals surface area contributed by atoms with Gasteiger partial charge in [0.1, 0.15) is 11.5 Å². The quantitative estimate of drug-likeness (QED) is 0.147. The Hall–Kier alpha value is -1.18. The molecule has 0 aliphatic rings. The zero-order valence-corrected chi connectivity index (χ0v) is 21.7. The number of ether oxygens (including phenoxy) is 2. The summed E-state index contributed by atoms with van der Waals surface area (Å²) in [5.41, 5.74) is 0. The van der Waals surface area contributed by atoms with Crippen LogP contribution >= 0.6 is 0 Å². The molecule has 186 valence electrons. The third-order valence-corrected chi connectivity index (χ3v) is 6.34. The van der Waals surface area contributed by atoms with Crippen LogP contribution in [0.5, 0.6) is 11.5 Å². The Bertz CT molecular complexity index is 458. The molecular weight excluding hydrogens is 392 g/mol. The molecule has 1 rings (SSSR count). The van der Waals surface area contributed by atoms with Gasteiger partial charge in [-0.1, -0.05) is 135 Å². The molecule has 0 aliphatic heterocycles. The summed E-state index contributed by atoms with van der Waals surface area (Å²) >= 11 is 0. The van der Waals surface area contributed by atoms with Crippen molar-refractivity contribution in [3.8, 4) is 11.5 Å². The molecule has 0 bridgehead atoms. The molecule has 0 fully saturated rings. The Morgan fingerprint density at radius 3 is 1.09 bits per heavy atom. The van der Waals surface area contributed by atoms with Gasteiger partial charge in [0.2, 0.25) is 0 Å². The van der Waals surface area contributed by atoms with Crippen molar-refractivity contribution < 1.29 is 9.47 Å². The van der Waals surface area contributed by atoms with Crippen LogP contribution in [0.1, 0.15) is 142 Å². The molecule has 0 unspecified atom stereocenters. The van der Waals surface area contributed by atoms with Crippen LogP contribution in [0.3, 0.4) is 0 Å². The van der Waals surface area contributed by atoms with Gasteiger partial charge in [0.15, 0.2) is 0 Å². The number of rotatable bonds is 24. The highest BCUT2D eigenvalue weighted by Crippen LogP contribution is 2.20. The van der Waals surface area contributed by atoms with Crippen molar-refractivity contribution >= 4 is 0 Å². The standard InChI is InChI=1S/C30H54O2/c1-3-5-7-9-11-13-15-17-19-21-26-31-29-24-23-25-30(28-29)32-27-22-20-18-16-14-12-10-8-6-4-2/h23-25,28H,3-22,26-27H2,1-2H3. The van der Waals surface area contributed by atoms with Crippen LogP contribution in [0, 0.1) is 0 Å². The second-order valence-electron chi connectivity index (χ2n) is 9.54. The molecule has 0 radical (unpaired) electrons. The molecule has 32 heavy (non-hydrogen) atoms. The minimum Gasteiger partial charge on any atom is -0.493 e. The van der Waals surface area contributed by atoms with Crippen LogP contribution in [0.15, 0.2) is 24.3 Å². The van der Waals surface area contributed by atoms with E-state index in [1.165, 1.54) is 116 Å². The molecule has 0 aromatic heterocycles. The van der Waals surface area contributed by atoms with Crippen molar-refractivity contribution in [3.63, 3.8) is 0 Å². The average molecular weight is 447 g/mol. The fourth-order valence-electron chi connectivity index (χ4n) is 4.21. The van der Waals surface area contributed by atoms with Crippen molar-refractivity contribution in [2.24, 2.45) is 0 Å². The van der Waals surface area contributed by atoms with Gasteiger partial charge in [0, 0.05) is 6.07 Å². The van der Waals surface area contributed by atoms with Crippen LogP contribution in [-0.2, 0) is 0 Å². The Balaban J connectivity index is 1.94. The maximum Gasteiger partial charge on any atom is 0.122 e. The first-order chi connectivity index (χ1) is 15.9. The largest absolute Gasteiger partial charge is 0.493 e. The van der Waals surface area contributed by atoms with Gasteiger partial charge in [0.05, 0.1) is 13.2 Å². The smallest absolute Gasteiger partial charge is 0.122 e. The van der Waals surface area contributed by atoms with Gasteiger partial charge in [-0.3, -0.25) is 0 Å². The van der Waals surface area contributed by atoms with Gasteiger partial charge >= 0.3 is 0 Å². The highest BCUT2D eigenvalue weighted by Gasteiger charge is 2.00. The molecule has 2 heteroatoms. The first kappa shape index (κ1) is 28.9. The normalized spacial score (nSPS) is 11.1. The molecule has 1 aromatic carbocycles. The van der Waals surface area contributed by atoms with Crippen LogP contribution < -0.4 is 9.47 Å². The van der Waals surface area contributed by atoms with E-state index in [-0.39, 0.29) is 0 Å². The molecule has 0 N–H and O–H groups in total. The Morgan fingerprint density at radius 2 is 0.750 bits per heavy atom. The van der Waals surface area contributed by atoms with E-state index in [4.69, 9.17) is 9.47 Å². The first-order valence-corrected chi connectivity index (χ1v) is 14.2. The van der Waals surface area contributed by atoms with E-state index in [0.717, 1.165) is 37.6 Å². The summed E-state index contributed by atoms with van der Waals surface area (Å²) in [6.45, 7) is 6.20. The van der Waals surface area contributed by atoms with Crippen LogP contribution in [0.4, 0.5) is 0 Å². The topological polar surface area (TPSA) is 18.5 Å². The fourth-order valence-corrected chi connectivity index (χ4v) is 4.21. The molecule has 0 spiro atoms. The number of hydrogen-bond donors (Lipinski definition) is 0. The Morgan fingerprint density at radius 1 is 0.438 bits per heavy atom. The average Bonchev–Trinajstić information content (AvgIpc) is 2.81. The number of unbranched alkanes of at least 4 members (excludes halogenated alkanes) is 18. The van der Waals surface area contributed by atoms with E-state index >= 15 is 0 Å². The van der Waals surface area contributed by atoms with Crippen molar-refractivity contribution in [1.82, 2.24) is 0 Å². The van der Waals surface area contributed by atoms with Crippen molar-refractivity contribution in [2.45, 2.75) is 142 Å². The van der Waals surface area contributed by atoms with Gasteiger partial charge in [-0.05, 0) is 25.0 Å². The predicted molar refractivity (Wildman–Crippen MR) is 141 cm³/mol. The lowest BCUT2D eigenvalue weighted by atomic mass is 10.1. The summed E-state index contributed by atoms with van der Waals surface area (Å²) in [4.78, 5) is 0. The number of benzene rings is 1. The Kier molecular flexibility index (Phi) is 20.7. The molecule has 0 amide bonds. The van der Waals surface area contributed by atoms with E-state index in [2.05, 4.69) is 13.8 Å². The monoisotopic (exact) mass is 446 g/mol. The van der Waals surface area contributed by atoms with E-state index in [1.807, 2.05) is 24.3 Å². The van der Waals surface area contributed by atoms with E-state index < -0.39 is 0 Å². The molecule has 2 nitrogen and oxygen atoms in total. The zero-order chi connectivity index (χ0) is 23.0. The number of hydrogen-bond acceptors (Lipinski definition) is 2. The summed E-state index contributed by atoms with van der Waals surface area (Å²) < 4.78 is 11.9. The van der Waals surface area contributed by atoms with Gasteiger partial charge in [0.25, 0.3) is 0 Å². The van der Waals surface area contributed by atoms with E-state index in [0.29, 0.717) is 0 Å². The van der Waals surface area contributed by atoms with Gasteiger partial charge in [-0.2, -0.15) is 0 Å². The molecule has 0 heterocycles. The maximum absolute atomic E-state index is 5.95. The third-order valence-electron chi connectivity index (χ3n) is 6.34. The molecule has 1 aromatic rings. The van der Waals surface area contributed by atoms with Crippen molar-refractivity contribution in [1.29, 1.82) is 0 Å².